The van der Waals surface area contributed by atoms with Crippen LogP contribution in [0.1, 0.15) is 10.5 Å². The number of rotatable bonds is 3. The van der Waals surface area contributed by atoms with Crippen LogP contribution in [0.2, 0.25) is 5.15 Å². The van der Waals surface area contributed by atoms with Crippen LogP contribution in [0.15, 0.2) is 36.4 Å². The van der Waals surface area contributed by atoms with Crippen LogP contribution in [0.5, 0.6) is 0 Å². The molecule has 1 heterocycles. The number of nitro groups is 1. The first kappa shape index (κ1) is 13.9. The lowest BCUT2D eigenvalue weighted by Gasteiger charge is -2.05. The zero-order valence-corrected chi connectivity index (χ0v) is 10.6. The monoisotopic (exact) mass is 295 g/mol. The Kier molecular flexibility index (Phi) is 3.90. The lowest BCUT2D eigenvalue weighted by molar-refractivity contribution is -0.384. The maximum absolute atomic E-state index is 13.0. The van der Waals surface area contributed by atoms with E-state index < -0.39 is 22.3 Å². The molecule has 102 valence electrons. The minimum Gasteiger partial charge on any atom is -0.315 e. The molecule has 1 N–H and O–H groups in total. The van der Waals surface area contributed by atoms with Gasteiger partial charge in [-0.1, -0.05) is 17.7 Å². The predicted molar refractivity (Wildman–Crippen MR) is 70.3 cm³/mol. The number of nitrogens with one attached hydrogen (secondary N) is 1. The second-order valence-electron chi connectivity index (χ2n) is 3.72. The van der Waals surface area contributed by atoms with E-state index in [2.05, 4.69) is 10.3 Å². The van der Waals surface area contributed by atoms with Gasteiger partial charge >= 0.3 is 0 Å². The van der Waals surface area contributed by atoms with Gasteiger partial charge in [-0.05, 0) is 24.3 Å². The standard InChI is InChI=1S/C12H7ClFN3O3/c13-11-3-1-2-9(15-11)12(18)16-8-5-4-7(14)6-10(8)17(19)20/h1-6H,(H,16,18). The van der Waals surface area contributed by atoms with Crippen molar-refractivity contribution in [2.75, 3.05) is 5.32 Å². The summed E-state index contributed by atoms with van der Waals surface area (Å²) in [4.78, 5) is 25.7. The van der Waals surface area contributed by atoms with Gasteiger partial charge in [0.25, 0.3) is 11.6 Å². The largest absolute Gasteiger partial charge is 0.315 e. The quantitative estimate of drug-likeness (QED) is 0.536. The molecule has 0 saturated carbocycles. The molecule has 1 amide bonds. The highest BCUT2D eigenvalue weighted by molar-refractivity contribution is 6.29. The van der Waals surface area contributed by atoms with Crippen LogP contribution < -0.4 is 5.32 Å². The summed E-state index contributed by atoms with van der Waals surface area (Å²) in [6, 6.07) is 7.24. The van der Waals surface area contributed by atoms with E-state index in [9.17, 15) is 19.3 Å². The first-order chi connectivity index (χ1) is 9.47. The van der Waals surface area contributed by atoms with E-state index in [4.69, 9.17) is 11.6 Å². The van der Waals surface area contributed by atoms with Gasteiger partial charge in [-0.3, -0.25) is 14.9 Å². The van der Waals surface area contributed by atoms with Crippen molar-refractivity contribution < 1.29 is 14.1 Å². The first-order valence-electron chi connectivity index (χ1n) is 5.35. The zero-order valence-electron chi connectivity index (χ0n) is 9.84. The van der Waals surface area contributed by atoms with E-state index in [0.29, 0.717) is 0 Å². The summed E-state index contributed by atoms with van der Waals surface area (Å²) in [5.74, 6) is -1.45. The summed E-state index contributed by atoms with van der Waals surface area (Å²) in [6.45, 7) is 0. The zero-order chi connectivity index (χ0) is 14.7. The predicted octanol–water partition coefficient (Wildman–Crippen LogP) is 3.03. The smallest absolute Gasteiger partial charge is 0.295 e. The lowest BCUT2D eigenvalue weighted by atomic mass is 10.2. The fourth-order valence-electron chi connectivity index (χ4n) is 1.48. The molecular weight excluding hydrogens is 289 g/mol. The van der Waals surface area contributed by atoms with Gasteiger partial charge in [0.2, 0.25) is 0 Å². The number of hydrogen-bond acceptors (Lipinski definition) is 4. The van der Waals surface area contributed by atoms with Gasteiger partial charge in [-0.25, -0.2) is 9.37 Å². The van der Waals surface area contributed by atoms with Gasteiger partial charge in [-0.2, -0.15) is 0 Å². The van der Waals surface area contributed by atoms with E-state index in [-0.39, 0.29) is 16.5 Å². The van der Waals surface area contributed by atoms with Crippen LogP contribution in [-0.2, 0) is 0 Å². The Hall–Kier alpha value is -2.54. The maximum atomic E-state index is 13.0. The maximum Gasteiger partial charge on any atom is 0.295 e. The van der Waals surface area contributed by atoms with Crippen LogP contribution in [0, 0.1) is 15.9 Å². The van der Waals surface area contributed by atoms with Gasteiger partial charge < -0.3 is 5.32 Å². The number of carbonyl (C=O) groups excluding carboxylic acids is 1. The topological polar surface area (TPSA) is 85.1 Å². The van der Waals surface area contributed by atoms with E-state index in [0.717, 1.165) is 18.2 Å². The van der Waals surface area contributed by atoms with Crippen molar-refractivity contribution in [1.29, 1.82) is 0 Å². The van der Waals surface area contributed by atoms with Crippen LogP contribution in [0.25, 0.3) is 0 Å². The van der Waals surface area contributed by atoms with Gasteiger partial charge in [-0.15, -0.1) is 0 Å². The fourth-order valence-corrected chi connectivity index (χ4v) is 1.65. The molecule has 0 atom stereocenters. The molecule has 6 nitrogen and oxygen atoms in total. The van der Waals surface area contributed by atoms with E-state index in [1.54, 1.807) is 0 Å². The third-order valence-corrected chi connectivity index (χ3v) is 2.56. The Morgan fingerprint density at radius 3 is 2.75 bits per heavy atom. The highest BCUT2D eigenvalue weighted by atomic mass is 35.5. The minimum absolute atomic E-state index is 0.00359. The number of nitrogens with zero attached hydrogens (tertiary/aromatic N) is 2. The molecule has 1 aromatic carbocycles. The van der Waals surface area contributed by atoms with Gasteiger partial charge in [0.1, 0.15) is 22.4 Å². The molecule has 0 aliphatic rings. The van der Waals surface area contributed by atoms with E-state index in [1.807, 2.05) is 0 Å². The summed E-state index contributed by atoms with van der Waals surface area (Å²) in [6.07, 6.45) is 0. The normalized spacial score (nSPS) is 10.1. The molecule has 0 radical (unpaired) electrons. The van der Waals surface area contributed by atoms with Crippen molar-refractivity contribution in [3.63, 3.8) is 0 Å². The van der Waals surface area contributed by atoms with Gasteiger partial charge in [0.15, 0.2) is 0 Å². The molecule has 0 aliphatic carbocycles. The van der Waals surface area contributed by atoms with Crippen molar-refractivity contribution in [3.05, 3.63) is 63.2 Å². The molecule has 0 bridgehead atoms. The molecular formula is C12H7ClFN3O3. The fraction of sp³-hybridized carbons (Fsp3) is 0. The van der Waals surface area contributed by atoms with Crippen LogP contribution in [-0.4, -0.2) is 15.8 Å². The second-order valence-corrected chi connectivity index (χ2v) is 4.11. The molecule has 0 unspecified atom stereocenters. The van der Waals surface area contributed by atoms with Crippen molar-refractivity contribution in [1.82, 2.24) is 4.98 Å². The van der Waals surface area contributed by atoms with Gasteiger partial charge in [0, 0.05) is 0 Å². The third kappa shape index (κ3) is 3.07. The number of amides is 1. The third-order valence-electron chi connectivity index (χ3n) is 2.35. The molecule has 0 saturated heterocycles. The van der Waals surface area contributed by atoms with Crippen molar-refractivity contribution in [3.8, 4) is 0 Å². The number of hydrogen-bond donors (Lipinski definition) is 1. The van der Waals surface area contributed by atoms with Crippen LogP contribution in [0.4, 0.5) is 15.8 Å². The molecule has 0 fully saturated rings. The molecule has 1 aromatic heterocycles. The summed E-state index contributed by atoms with van der Waals surface area (Å²) < 4.78 is 13.0. The van der Waals surface area contributed by atoms with Crippen molar-refractivity contribution in [2.45, 2.75) is 0 Å². The average Bonchev–Trinajstić information content (AvgIpc) is 2.40. The van der Waals surface area contributed by atoms with E-state index in [1.165, 1.54) is 18.2 Å². The van der Waals surface area contributed by atoms with E-state index >= 15 is 0 Å². The number of halogens is 2. The van der Waals surface area contributed by atoms with Gasteiger partial charge in [0.05, 0.1) is 11.0 Å². The average molecular weight is 296 g/mol. The number of nitro benzene ring substituents is 1. The molecule has 2 rings (SSSR count). The summed E-state index contributed by atoms with van der Waals surface area (Å²) in [7, 11) is 0. The molecule has 2 aromatic rings. The van der Waals surface area contributed by atoms with Crippen LogP contribution >= 0.6 is 11.6 Å². The first-order valence-corrected chi connectivity index (χ1v) is 5.73. The summed E-state index contributed by atoms with van der Waals surface area (Å²) in [5, 5.41) is 13.2. The highest BCUT2D eigenvalue weighted by Crippen LogP contribution is 2.25. The molecule has 0 spiro atoms. The molecule has 0 aliphatic heterocycles. The SMILES string of the molecule is O=C(Nc1ccc(F)cc1[N+](=O)[O-])c1cccc(Cl)n1. The number of pyridine rings is 1. The summed E-state index contributed by atoms with van der Waals surface area (Å²) >= 11 is 5.65. The number of benzene rings is 1. The Morgan fingerprint density at radius 1 is 1.35 bits per heavy atom. The van der Waals surface area contributed by atoms with Crippen LogP contribution in [0.3, 0.4) is 0 Å². The highest BCUT2D eigenvalue weighted by Gasteiger charge is 2.18. The molecule has 8 heteroatoms. The van der Waals surface area contributed by atoms with Crippen molar-refractivity contribution in [2.24, 2.45) is 0 Å². The lowest BCUT2D eigenvalue weighted by Crippen LogP contribution is -2.14. The van der Waals surface area contributed by atoms with Crippen molar-refractivity contribution >= 4 is 28.9 Å². The Balaban J connectivity index is 2.30. The second kappa shape index (κ2) is 5.62. The minimum atomic E-state index is -0.788. The Morgan fingerprint density at radius 2 is 2.10 bits per heavy atom. The Bertz CT molecular complexity index is 693. The molecule has 20 heavy (non-hydrogen) atoms. The summed E-state index contributed by atoms with van der Waals surface area (Å²) in [5.41, 5.74) is -0.667. The number of anilines is 1. The number of aromatic nitrogens is 1. The number of carbonyl (C=O) groups is 1. The Labute approximate surface area is 117 Å².